The zero-order valence-corrected chi connectivity index (χ0v) is 8.09. The quantitative estimate of drug-likeness (QED) is 0.780. The molecule has 0 saturated carbocycles. The van der Waals surface area contributed by atoms with Crippen molar-refractivity contribution in [2.75, 3.05) is 0 Å². The molecule has 75 valence electrons. The predicted molar refractivity (Wildman–Crippen MR) is 58.7 cm³/mol. The van der Waals surface area contributed by atoms with Gasteiger partial charge in [0, 0.05) is 18.1 Å². The Morgan fingerprint density at radius 3 is 2.27 bits per heavy atom. The zero-order chi connectivity index (χ0) is 10.7. The van der Waals surface area contributed by atoms with E-state index in [-0.39, 0.29) is 11.5 Å². The van der Waals surface area contributed by atoms with Crippen LogP contribution in [-0.2, 0) is 0 Å². The molecule has 0 aromatic heterocycles. The second kappa shape index (κ2) is 4.05. The molecule has 0 saturated heterocycles. The topological polar surface area (TPSA) is 40.5 Å². The van der Waals surface area contributed by atoms with Gasteiger partial charge in [0.25, 0.3) is 0 Å². The Morgan fingerprint density at radius 2 is 1.60 bits per heavy atom. The third-order valence-corrected chi connectivity index (χ3v) is 2.14. The van der Waals surface area contributed by atoms with Crippen LogP contribution in [0.4, 0.5) is 0 Å². The Kier molecular flexibility index (Phi) is 2.59. The van der Waals surface area contributed by atoms with E-state index in [1.807, 2.05) is 36.8 Å². The summed E-state index contributed by atoms with van der Waals surface area (Å²) in [6, 6.07) is 14.3. The average Bonchev–Trinajstić information content (AvgIpc) is 2.24. The number of hydrogen-bond acceptors (Lipinski definition) is 2. The molecule has 0 bridgehead atoms. The van der Waals surface area contributed by atoms with Crippen molar-refractivity contribution < 1.29 is 10.2 Å². The van der Waals surface area contributed by atoms with E-state index in [4.69, 9.17) is 5.11 Å². The lowest BCUT2D eigenvalue weighted by Crippen LogP contribution is -1.85. The van der Waals surface area contributed by atoms with Crippen molar-refractivity contribution in [3.05, 3.63) is 66.1 Å². The van der Waals surface area contributed by atoms with E-state index in [9.17, 15) is 5.11 Å². The molecule has 0 aliphatic heterocycles. The number of rotatable bonds is 2. The Hall–Kier alpha value is -1.96. The summed E-state index contributed by atoms with van der Waals surface area (Å²) in [4.78, 5) is 0. The molecule has 0 amide bonds. The highest BCUT2D eigenvalue weighted by Crippen LogP contribution is 2.25. The highest BCUT2D eigenvalue weighted by Gasteiger charge is 2.03. The summed E-state index contributed by atoms with van der Waals surface area (Å²) >= 11 is 0. The molecule has 0 atom stereocenters. The Labute approximate surface area is 88.4 Å². The van der Waals surface area contributed by atoms with Crippen LogP contribution >= 0.6 is 0 Å². The highest BCUT2D eigenvalue weighted by molar-refractivity contribution is 5.47. The van der Waals surface area contributed by atoms with Gasteiger partial charge in [0.1, 0.15) is 11.5 Å². The van der Waals surface area contributed by atoms with Gasteiger partial charge in [-0.3, -0.25) is 0 Å². The molecule has 0 spiro atoms. The van der Waals surface area contributed by atoms with Crippen molar-refractivity contribution in [2.45, 2.75) is 0 Å². The maximum atomic E-state index is 9.56. The van der Waals surface area contributed by atoms with Crippen molar-refractivity contribution in [2.24, 2.45) is 0 Å². The van der Waals surface area contributed by atoms with Crippen molar-refractivity contribution in [1.29, 1.82) is 0 Å². The summed E-state index contributed by atoms with van der Waals surface area (Å²) in [5.74, 6) is 0.150. The van der Waals surface area contributed by atoms with E-state index in [0.29, 0.717) is 5.56 Å². The number of phenolic OH excluding ortho intramolecular Hbond substituents is 2. The molecule has 0 heterocycles. The summed E-state index contributed by atoms with van der Waals surface area (Å²) in [5.41, 5.74) is 1.71. The normalized spacial score (nSPS) is 10.1. The van der Waals surface area contributed by atoms with Crippen LogP contribution in [0.5, 0.6) is 11.5 Å². The molecular formula is C13H11O2. The molecule has 2 heteroatoms. The van der Waals surface area contributed by atoms with Crippen molar-refractivity contribution in [1.82, 2.24) is 0 Å². The monoisotopic (exact) mass is 199 g/mol. The van der Waals surface area contributed by atoms with E-state index >= 15 is 0 Å². The average molecular weight is 199 g/mol. The van der Waals surface area contributed by atoms with Gasteiger partial charge in [-0.25, -0.2) is 0 Å². The highest BCUT2D eigenvalue weighted by atomic mass is 16.3. The Bertz CT molecular complexity index is 449. The molecular weight excluding hydrogens is 188 g/mol. The van der Waals surface area contributed by atoms with E-state index in [2.05, 4.69) is 0 Å². The second-order valence-corrected chi connectivity index (χ2v) is 3.30. The van der Waals surface area contributed by atoms with Crippen LogP contribution in [0.3, 0.4) is 0 Å². The van der Waals surface area contributed by atoms with Crippen molar-refractivity contribution in [3.8, 4) is 11.5 Å². The number of aromatic hydroxyl groups is 2. The molecule has 0 unspecified atom stereocenters. The van der Waals surface area contributed by atoms with Crippen LogP contribution in [0.25, 0.3) is 0 Å². The predicted octanol–water partition coefficient (Wildman–Crippen LogP) is 2.70. The molecule has 2 nitrogen and oxygen atoms in total. The first-order chi connectivity index (χ1) is 7.25. The molecule has 0 aliphatic carbocycles. The standard InChI is InChI=1S/C13H11O2/c14-12-7-6-11(13(15)9-12)8-10-4-2-1-3-5-10/h1-9,14-15H. The van der Waals surface area contributed by atoms with E-state index in [0.717, 1.165) is 5.56 Å². The molecule has 0 fully saturated rings. The van der Waals surface area contributed by atoms with Gasteiger partial charge in [0.15, 0.2) is 0 Å². The van der Waals surface area contributed by atoms with Crippen molar-refractivity contribution in [3.63, 3.8) is 0 Å². The summed E-state index contributed by atoms with van der Waals surface area (Å²) in [7, 11) is 0. The lowest BCUT2D eigenvalue weighted by Gasteiger charge is -2.04. The molecule has 2 aromatic rings. The first-order valence-corrected chi connectivity index (χ1v) is 4.67. The molecule has 0 aliphatic rings. The first-order valence-electron chi connectivity index (χ1n) is 4.67. The largest absolute Gasteiger partial charge is 0.508 e. The van der Waals surface area contributed by atoms with Crippen LogP contribution in [0, 0.1) is 6.42 Å². The van der Waals surface area contributed by atoms with E-state index < -0.39 is 0 Å². The molecule has 1 radical (unpaired) electrons. The zero-order valence-electron chi connectivity index (χ0n) is 8.09. The minimum atomic E-state index is 0.0673. The van der Waals surface area contributed by atoms with E-state index in [1.54, 1.807) is 12.1 Å². The van der Waals surface area contributed by atoms with Crippen LogP contribution in [-0.4, -0.2) is 10.2 Å². The van der Waals surface area contributed by atoms with Crippen LogP contribution in [0.2, 0.25) is 0 Å². The van der Waals surface area contributed by atoms with Gasteiger partial charge in [0.05, 0.1) is 0 Å². The number of hydrogen-bond donors (Lipinski definition) is 2. The smallest absolute Gasteiger partial charge is 0.123 e. The summed E-state index contributed by atoms with van der Waals surface area (Å²) in [6.45, 7) is 0. The van der Waals surface area contributed by atoms with Gasteiger partial charge in [0.2, 0.25) is 0 Å². The van der Waals surface area contributed by atoms with Gasteiger partial charge in [-0.05, 0) is 11.6 Å². The van der Waals surface area contributed by atoms with Gasteiger partial charge >= 0.3 is 0 Å². The van der Waals surface area contributed by atoms with Gasteiger partial charge in [-0.15, -0.1) is 0 Å². The van der Waals surface area contributed by atoms with E-state index in [1.165, 1.54) is 6.07 Å². The first kappa shape index (κ1) is 9.59. The third-order valence-electron chi connectivity index (χ3n) is 2.14. The maximum Gasteiger partial charge on any atom is 0.123 e. The summed E-state index contributed by atoms with van der Waals surface area (Å²) < 4.78 is 0. The minimum Gasteiger partial charge on any atom is -0.508 e. The molecule has 2 N–H and O–H groups in total. The summed E-state index contributed by atoms with van der Waals surface area (Å²) in [5, 5.41) is 18.7. The molecule has 2 rings (SSSR count). The molecule has 15 heavy (non-hydrogen) atoms. The van der Waals surface area contributed by atoms with Crippen LogP contribution in [0.15, 0.2) is 48.5 Å². The fraction of sp³-hybridized carbons (Fsp3) is 0. The van der Waals surface area contributed by atoms with Crippen LogP contribution in [0.1, 0.15) is 11.1 Å². The van der Waals surface area contributed by atoms with Gasteiger partial charge in [-0.1, -0.05) is 36.4 Å². The lowest BCUT2D eigenvalue weighted by atomic mass is 10.0. The Balaban J connectivity index is 2.25. The van der Waals surface area contributed by atoms with Crippen molar-refractivity contribution >= 4 is 0 Å². The van der Waals surface area contributed by atoms with Gasteiger partial charge in [-0.2, -0.15) is 0 Å². The third kappa shape index (κ3) is 2.29. The fourth-order valence-electron chi connectivity index (χ4n) is 1.38. The van der Waals surface area contributed by atoms with Crippen LogP contribution < -0.4 is 0 Å². The number of phenols is 2. The van der Waals surface area contributed by atoms with Gasteiger partial charge < -0.3 is 10.2 Å². The Morgan fingerprint density at radius 1 is 0.867 bits per heavy atom. The maximum absolute atomic E-state index is 9.56. The second-order valence-electron chi connectivity index (χ2n) is 3.30. The lowest BCUT2D eigenvalue weighted by molar-refractivity contribution is 0.448. The fourth-order valence-corrected chi connectivity index (χ4v) is 1.38. The number of benzene rings is 2. The SMILES string of the molecule is Oc1ccc([CH]c2ccccc2)c(O)c1. The summed E-state index contributed by atoms with van der Waals surface area (Å²) in [6.07, 6.45) is 1.86. The minimum absolute atomic E-state index is 0.0673. The molecule has 2 aromatic carbocycles.